The van der Waals surface area contributed by atoms with Gasteiger partial charge in [-0.3, -0.25) is 4.79 Å². The van der Waals surface area contributed by atoms with Crippen LogP contribution in [0.5, 0.6) is 0 Å². The lowest BCUT2D eigenvalue weighted by atomic mass is 10.2. The van der Waals surface area contributed by atoms with Crippen molar-refractivity contribution in [1.29, 1.82) is 0 Å². The monoisotopic (exact) mass is 381 g/mol. The maximum Gasteiger partial charge on any atom is 0.251 e. The van der Waals surface area contributed by atoms with Gasteiger partial charge in [0.1, 0.15) is 0 Å². The number of nitrogens with one attached hydrogen (secondary N) is 1. The van der Waals surface area contributed by atoms with E-state index in [1.54, 1.807) is 12.1 Å². The van der Waals surface area contributed by atoms with Crippen molar-refractivity contribution in [2.75, 3.05) is 6.54 Å². The first-order valence-corrected chi connectivity index (χ1v) is 7.43. The van der Waals surface area contributed by atoms with E-state index in [1.165, 1.54) is 0 Å². The Morgan fingerprint density at radius 2 is 1.94 bits per heavy atom. The van der Waals surface area contributed by atoms with E-state index >= 15 is 0 Å². The van der Waals surface area contributed by atoms with Crippen molar-refractivity contribution in [3.63, 3.8) is 0 Å². The number of hydrogen-bond donors (Lipinski definition) is 1. The molecule has 0 heterocycles. The average Bonchev–Trinajstić information content (AvgIpc) is 2.25. The number of rotatable bonds is 5. The minimum atomic E-state index is -0.103. The molecule has 1 aromatic carbocycles. The van der Waals surface area contributed by atoms with Crippen LogP contribution in [-0.2, 0) is 0 Å². The topological polar surface area (TPSA) is 29.1 Å². The van der Waals surface area contributed by atoms with Crippen LogP contribution in [-0.4, -0.2) is 17.8 Å². The van der Waals surface area contributed by atoms with Gasteiger partial charge >= 0.3 is 0 Å². The molecule has 0 saturated heterocycles. The molecule has 17 heavy (non-hydrogen) atoms. The fourth-order valence-corrected chi connectivity index (χ4v) is 2.99. The molecule has 0 saturated carbocycles. The fourth-order valence-electron chi connectivity index (χ4n) is 1.41. The fraction of sp³-hybridized carbons (Fsp3) is 0.417. The molecule has 2 nitrogen and oxygen atoms in total. The Morgan fingerprint density at radius 1 is 1.35 bits per heavy atom. The number of amides is 1. The molecule has 94 valence electrons. The second kappa shape index (κ2) is 7.39. The molecule has 0 aliphatic heterocycles. The summed E-state index contributed by atoms with van der Waals surface area (Å²) in [5.74, 6) is -0.103. The Labute approximate surface area is 123 Å². The minimum absolute atomic E-state index is 0.000423. The van der Waals surface area contributed by atoms with Gasteiger partial charge in [-0.05, 0) is 24.6 Å². The molecule has 0 aliphatic carbocycles. The first kappa shape index (κ1) is 15.0. The molecule has 1 aromatic rings. The third-order valence-electron chi connectivity index (χ3n) is 2.21. The lowest BCUT2D eigenvalue weighted by molar-refractivity contribution is 0.0953. The summed E-state index contributed by atoms with van der Waals surface area (Å²) in [4.78, 5) is 11.8. The smallest absolute Gasteiger partial charge is 0.251 e. The Hall–Kier alpha value is -0.0600. The van der Waals surface area contributed by atoms with Crippen molar-refractivity contribution < 1.29 is 4.79 Å². The van der Waals surface area contributed by atoms with Crippen molar-refractivity contribution in [2.45, 2.75) is 25.1 Å². The summed E-state index contributed by atoms with van der Waals surface area (Å²) in [6.07, 6.45) is 1.93. The van der Waals surface area contributed by atoms with E-state index < -0.39 is 0 Å². The minimum Gasteiger partial charge on any atom is -0.351 e. The zero-order valence-corrected chi connectivity index (χ0v) is 13.4. The molecule has 1 atom stereocenters. The largest absolute Gasteiger partial charge is 0.351 e. The lowest BCUT2D eigenvalue weighted by Gasteiger charge is -2.10. The first-order valence-electron chi connectivity index (χ1n) is 5.41. The van der Waals surface area contributed by atoms with Crippen LogP contribution in [0, 0.1) is 0 Å². The molecule has 0 fully saturated rings. The van der Waals surface area contributed by atoms with Gasteiger partial charge in [-0.25, -0.2) is 0 Å². The van der Waals surface area contributed by atoms with Gasteiger partial charge in [0, 0.05) is 21.1 Å². The van der Waals surface area contributed by atoms with E-state index in [0.29, 0.717) is 12.1 Å². The van der Waals surface area contributed by atoms with Crippen LogP contribution in [0.3, 0.4) is 0 Å². The Balaban J connectivity index is 2.58. The molecule has 5 heteroatoms. The molecule has 1 rings (SSSR count). The Bertz CT molecular complexity index is 378. The van der Waals surface area contributed by atoms with E-state index in [4.69, 9.17) is 11.6 Å². The van der Waals surface area contributed by atoms with Crippen LogP contribution >= 0.6 is 43.5 Å². The highest BCUT2D eigenvalue weighted by molar-refractivity contribution is 9.11. The number of halogens is 3. The zero-order chi connectivity index (χ0) is 12.8. The molecule has 1 unspecified atom stereocenters. The highest BCUT2D eigenvalue weighted by Crippen LogP contribution is 2.20. The van der Waals surface area contributed by atoms with Gasteiger partial charge in [0.25, 0.3) is 5.91 Å². The number of benzene rings is 1. The van der Waals surface area contributed by atoms with Gasteiger partial charge in [0.05, 0.1) is 5.38 Å². The van der Waals surface area contributed by atoms with Crippen LogP contribution in [0.4, 0.5) is 0 Å². The maximum atomic E-state index is 11.8. The van der Waals surface area contributed by atoms with Gasteiger partial charge in [0.15, 0.2) is 0 Å². The highest BCUT2D eigenvalue weighted by atomic mass is 79.9. The third kappa shape index (κ3) is 5.40. The quantitative estimate of drug-likeness (QED) is 0.753. The molecule has 0 spiro atoms. The highest BCUT2D eigenvalue weighted by Gasteiger charge is 2.09. The van der Waals surface area contributed by atoms with Gasteiger partial charge in [-0.1, -0.05) is 45.2 Å². The summed E-state index contributed by atoms with van der Waals surface area (Å²) in [5.41, 5.74) is 0.617. The van der Waals surface area contributed by atoms with Crippen LogP contribution in [0.2, 0.25) is 0 Å². The second-order valence-electron chi connectivity index (χ2n) is 3.75. The summed E-state index contributed by atoms with van der Waals surface area (Å²) in [6, 6.07) is 5.45. The molecular weight excluding hydrogens is 369 g/mol. The molecule has 0 bridgehead atoms. The summed E-state index contributed by atoms with van der Waals surface area (Å²) in [5, 5.41) is 2.82. The molecular formula is C12H14Br2ClNO. The summed E-state index contributed by atoms with van der Waals surface area (Å²) in [7, 11) is 0. The SMILES string of the molecule is CCCC(Cl)CNC(=O)c1cc(Br)cc(Br)c1. The van der Waals surface area contributed by atoms with E-state index in [-0.39, 0.29) is 11.3 Å². The van der Waals surface area contributed by atoms with Gasteiger partial charge < -0.3 is 5.32 Å². The zero-order valence-electron chi connectivity index (χ0n) is 9.47. The van der Waals surface area contributed by atoms with Gasteiger partial charge in [-0.15, -0.1) is 11.6 Å². The number of alkyl halides is 1. The summed E-state index contributed by atoms with van der Waals surface area (Å²) < 4.78 is 1.74. The number of hydrogen-bond acceptors (Lipinski definition) is 1. The molecule has 1 amide bonds. The number of carbonyl (C=O) groups is 1. The van der Waals surface area contributed by atoms with E-state index in [0.717, 1.165) is 21.8 Å². The summed E-state index contributed by atoms with van der Waals surface area (Å²) in [6.45, 7) is 2.57. The third-order valence-corrected chi connectivity index (χ3v) is 3.50. The normalized spacial score (nSPS) is 12.2. The van der Waals surface area contributed by atoms with Crippen molar-refractivity contribution in [3.8, 4) is 0 Å². The van der Waals surface area contributed by atoms with Crippen LogP contribution in [0.25, 0.3) is 0 Å². The Morgan fingerprint density at radius 3 is 2.47 bits per heavy atom. The van der Waals surface area contributed by atoms with E-state index in [2.05, 4.69) is 44.1 Å². The van der Waals surface area contributed by atoms with Crippen molar-refractivity contribution in [1.82, 2.24) is 5.32 Å². The predicted octanol–water partition coefficient (Wildman–Crippen LogP) is 4.35. The predicted molar refractivity (Wildman–Crippen MR) is 78.7 cm³/mol. The standard InChI is InChI=1S/C12H14Br2ClNO/c1-2-3-11(15)7-16-12(17)8-4-9(13)6-10(14)5-8/h4-6,11H,2-3,7H2,1H3,(H,16,17). The molecule has 1 N–H and O–H groups in total. The van der Waals surface area contributed by atoms with Crippen molar-refractivity contribution in [2.24, 2.45) is 0 Å². The van der Waals surface area contributed by atoms with Crippen LogP contribution < -0.4 is 5.32 Å². The van der Waals surface area contributed by atoms with Gasteiger partial charge in [0.2, 0.25) is 0 Å². The van der Waals surface area contributed by atoms with Gasteiger partial charge in [-0.2, -0.15) is 0 Å². The lowest BCUT2D eigenvalue weighted by Crippen LogP contribution is -2.29. The van der Waals surface area contributed by atoms with E-state index in [9.17, 15) is 4.79 Å². The first-order chi connectivity index (χ1) is 8.02. The van der Waals surface area contributed by atoms with Crippen LogP contribution in [0.15, 0.2) is 27.1 Å². The summed E-state index contributed by atoms with van der Waals surface area (Å²) >= 11 is 12.7. The van der Waals surface area contributed by atoms with E-state index in [1.807, 2.05) is 6.07 Å². The Kier molecular flexibility index (Phi) is 6.52. The maximum absolute atomic E-state index is 11.8. The molecule has 0 aromatic heterocycles. The molecule has 0 aliphatic rings. The average molecular weight is 384 g/mol. The van der Waals surface area contributed by atoms with Crippen molar-refractivity contribution in [3.05, 3.63) is 32.7 Å². The van der Waals surface area contributed by atoms with Crippen LogP contribution in [0.1, 0.15) is 30.1 Å². The number of carbonyl (C=O) groups excluding carboxylic acids is 1. The second-order valence-corrected chi connectivity index (χ2v) is 6.20. The van der Waals surface area contributed by atoms with Crippen molar-refractivity contribution >= 4 is 49.4 Å². The molecule has 0 radical (unpaired) electrons.